The van der Waals surface area contributed by atoms with Crippen LogP contribution in [0.3, 0.4) is 0 Å². The molecule has 1 atom stereocenters. The Bertz CT molecular complexity index is 271. The van der Waals surface area contributed by atoms with Crippen LogP contribution in [-0.2, 0) is 4.74 Å². The van der Waals surface area contributed by atoms with E-state index in [1.54, 1.807) is 0 Å². The van der Waals surface area contributed by atoms with Crippen molar-refractivity contribution in [1.82, 2.24) is 0 Å². The van der Waals surface area contributed by atoms with Gasteiger partial charge in [0, 0.05) is 3.57 Å². The normalized spacial score (nSPS) is 12.5. The predicted octanol–water partition coefficient (Wildman–Crippen LogP) is 3.49. The van der Waals surface area contributed by atoms with E-state index in [0.29, 0.717) is 19.3 Å². The van der Waals surface area contributed by atoms with Crippen LogP contribution in [0.5, 0.6) is 5.75 Å². The molecule has 84 valence electrons. The van der Waals surface area contributed by atoms with Gasteiger partial charge in [-0.3, -0.25) is 0 Å². The number of hydrogen-bond donors (Lipinski definition) is 0. The molecule has 1 unspecified atom stereocenters. The van der Waals surface area contributed by atoms with Crippen molar-refractivity contribution in [2.45, 2.75) is 26.4 Å². The van der Waals surface area contributed by atoms with Crippen LogP contribution in [-0.4, -0.2) is 19.3 Å². The third-order valence-electron chi connectivity index (χ3n) is 2.14. The molecule has 3 heteroatoms. The highest BCUT2D eigenvalue weighted by atomic mass is 127. The molecule has 1 aromatic carbocycles. The van der Waals surface area contributed by atoms with E-state index in [1.807, 2.05) is 24.3 Å². The molecule has 0 saturated heterocycles. The van der Waals surface area contributed by atoms with E-state index in [1.165, 1.54) is 3.57 Å². The van der Waals surface area contributed by atoms with Crippen LogP contribution in [0, 0.1) is 3.57 Å². The lowest BCUT2D eigenvalue weighted by Crippen LogP contribution is -2.13. The van der Waals surface area contributed by atoms with Crippen molar-refractivity contribution < 1.29 is 9.47 Å². The first-order chi connectivity index (χ1) is 7.22. The predicted molar refractivity (Wildman–Crippen MR) is 70.4 cm³/mol. The molecule has 15 heavy (non-hydrogen) atoms. The molecule has 1 aromatic rings. The van der Waals surface area contributed by atoms with Gasteiger partial charge in [0.1, 0.15) is 12.4 Å². The van der Waals surface area contributed by atoms with Gasteiger partial charge in [-0.05, 0) is 60.2 Å². The summed E-state index contributed by atoms with van der Waals surface area (Å²) in [5.41, 5.74) is 0. The lowest BCUT2D eigenvalue weighted by molar-refractivity contribution is 0.0427. The summed E-state index contributed by atoms with van der Waals surface area (Å²) >= 11 is 2.27. The van der Waals surface area contributed by atoms with Crippen molar-refractivity contribution in [3.63, 3.8) is 0 Å². The molecule has 0 N–H and O–H groups in total. The van der Waals surface area contributed by atoms with Crippen LogP contribution >= 0.6 is 22.6 Å². The second-order valence-electron chi connectivity index (χ2n) is 3.39. The van der Waals surface area contributed by atoms with E-state index in [4.69, 9.17) is 9.47 Å². The molecule has 0 aliphatic heterocycles. The van der Waals surface area contributed by atoms with Gasteiger partial charge in [-0.25, -0.2) is 0 Å². The van der Waals surface area contributed by atoms with Crippen LogP contribution < -0.4 is 4.74 Å². The first-order valence-electron chi connectivity index (χ1n) is 5.22. The minimum atomic E-state index is 0.324. The smallest absolute Gasteiger partial charge is 0.119 e. The number of ether oxygens (including phenoxy) is 2. The third kappa shape index (κ3) is 5.37. The molecule has 0 heterocycles. The molecule has 0 saturated carbocycles. The largest absolute Gasteiger partial charge is 0.491 e. The number of benzene rings is 1. The second kappa shape index (κ2) is 7.06. The highest BCUT2D eigenvalue weighted by Gasteiger charge is 1.98. The van der Waals surface area contributed by atoms with Crippen molar-refractivity contribution in [2.24, 2.45) is 0 Å². The van der Waals surface area contributed by atoms with Crippen LogP contribution in [0.2, 0.25) is 0 Å². The summed E-state index contributed by atoms with van der Waals surface area (Å²) in [6.07, 6.45) is 1.37. The fourth-order valence-corrected chi connectivity index (χ4v) is 1.42. The summed E-state index contributed by atoms with van der Waals surface area (Å²) in [6, 6.07) is 8.02. The molecule has 0 fully saturated rings. The van der Waals surface area contributed by atoms with Gasteiger partial charge in [0.15, 0.2) is 0 Å². The van der Waals surface area contributed by atoms with Crippen molar-refractivity contribution in [3.05, 3.63) is 27.8 Å². The molecule has 0 aromatic heterocycles. The average molecular weight is 320 g/mol. The monoisotopic (exact) mass is 320 g/mol. The van der Waals surface area contributed by atoms with Gasteiger partial charge in [-0.15, -0.1) is 0 Å². The zero-order valence-electron chi connectivity index (χ0n) is 9.20. The maximum Gasteiger partial charge on any atom is 0.119 e. The van der Waals surface area contributed by atoms with Crippen molar-refractivity contribution in [1.29, 1.82) is 0 Å². The topological polar surface area (TPSA) is 18.5 Å². The first kappa shape index (κ1) is 12.8. The molecular weight excluding hydrogens is 303 g/mol. The summed E-state index contributed by atoms with van der Waals surface area (Å²) in [7, 11) is 0. The summed E-state index contributed by atoms with van der Waals surface area (Å²) in [5.74, 6) is 0.906. The van der Waals surface area contributed by atoms with E-state index in [9.17, 15) is 0 Å². The van der Waals surface area contributed by atoms with E-state index in [-0.39, 0.29) is 0 Å². The molecule has 0 aliphatic rings. The van der Waals surface area contributed by atoms with Crippen LogP contribution in [0.15, 0.2) is 24.3 Å². The van der Waals surface area contributed by atoms with Gasteiger partial charge in [0.2, 0.25) is 0 Å². The molecule has 1 rings (SSSR count). The van der Waals surface area contributed by atoms with Gasteiger partial charge < -0.3 is 9.47 Å². The Morgan fingerprint density at radius 1 is 1.20 bits per heavy atom. The van der Waals surface area contributed by atoms with Gasteiger partial charge in [0.05, 0.1) is 12.7 Å². The highest BCUT2D eigenvalue weighted by molar-refractivity contribution is 14.1. The summed E-state index contributed by atoms with van der Waals surface area (Å²) in [6.45, 7) is 5.46. The van der Waals surface area contributed by atoms with Crippen molar-refractivity contribution in [2.75, 3.05) is 13.2 Å². The maximum absolute atomic E-state index is 5.53. The van der Waals surface area contributed by atoms with Crippen LogP contribution in [0.25, 0.3) is 0 Å². The fraction of sp³-hybridized carbons (Fsp3) is 0.500. The molecule has 0 amide bonds. The Morgan fingerprint density at radius 2 is 1.87 bits per heavy atom. The van der Waals surface area contributed by atoms with Crippen LogP contribution in [0.1, 0.15) is 20.3 Å². The first-order valence-corrected chi connectivity index (χ1v) is 6.30. The SMILES string of the molecule is CCC(C)OCCOc1ccc(I)cc1. The molecule has 0 radical (unpaired) electrons. The Hall–Kier alpha value is -0.290. The van der Waals surface area contributed by atoms with Gasteiger partial charge in [0.25, 0.3) is 0 Å². The molecule has 0 aliphatic carbocycles. The fourth-order valence-electron chi connectivity index (χ4n) is 1.06. The van der Waals surface area contributed by atoms with Crippen LogP contribution in [0.4, 0.5) is 0 Å². The van der Waals surface area contributed by atoms with Crippen molar-refractivity contribution >= 4 is 22.6 Å². The van der Waals surface area contributed by atoms with E-state index in [0.717, 1.165) is 12.2 Å². The summed E-state index contributed by atoms with van der Waals surface area (Å²) < 4.78 is 12.3. The van der Waals surface area contributed by atoms with E-state index < -0.39 is 0 Å². The standard InChI is InChI=1S/C12H17IO2/c1-3-10(2)14-8-9-15-12-6-4-11(13)5-7-12/h4-7,10H,3,8-9H2,1-2H3. The number of hydrogen-bond acceptors (Lipinski definition) is 2. The third-order valence-corrected chi connectivity index (χ3v) is 2.86. The summed E-state index contributed by atoms with van der Waals surface area (Å²) in [5, 5.41) is 0. The number of halogens is 1. The Kier molecular flexibility index (Phi) is 6.02. The minimum absolute atomic E-state index is 0.324. The lowest BCUT2D eigenvalue weighted by atomic mass is 10.3. The maximum atomic E-state index is 5.53. The average Bonchev–Trinajstić information content (AvgIpc) is 2.26. The number of rotatable bonds is 6. The second-order valence-corrected chi connectivity index (χ2v) is 4.64. The lowest BCUT2D eigenvalue weighted by Gasteiger charge is -2.11. The molecule has 2 nitrogen and oxygen atoms in total. The zero-order valence-corrected chi connectivity index (χ0v) is 11.4. The van der Waals surface area contributed by atoms with E-state index >= 15 is 0 Å². The highest BCUT2D eigenvalue weighted by Crippen LogP contribution is 2.13. The Labute approximate surface area is 105 Å². The zero-order chi connectivity index (χ0) is 11.1. The quantitative estimate of drug-likeness (QED) is 0.590. The van der Waals surface area contributed by atoms with Gasteiger partial charge >= 0.3 is 0 Å². The van der Waals surface area contributed by atoms with Gasteiger partial charge in [-0.1, -0.05) is 6.92 Å². The molecule has 0 spiro atoms. The Balaban J connectivity index is 2.17. The van der Waals surface area contributed by atoms with Gasteiger partial charge in [-0.2, -0.15) is 0 Å². The van der Waals surface area contributed by atoms with E-state index in [2.05, 4.69) is 36.4 Å². The minimum Gasteiger partial charge on any atom is -0.491 e. The Morgan fingerprint density at radius 3 is 2.47 bits per heavy atom. The summed E-state index contributed by atoms with van der Waals surface area (Å²) in [4.78, 5) is 0. The van der Waals surface area contributed by atoms with Crippen molar-refractivity contribution in [3.8, 4) is 5.75 Å². The molecular formula is C12H17IO2. The molecule has 0 bridgehead atoms.